The Balaban J connectivity index is 2.81. The molecule has 0 amide bonds. The van der Waals surface area contributed by atoms with Gasteiger partial charge in [-0.25, -0.2) is 9.97 Å². The molecular weight excluding hydrogens is 188 g/mol. The van der Waals surface area contributed by atoms with Crippen LogP contribution in [0.5, 0.6) is 0 Å². The number of aromatic nitrogens is 2. The van der Waals surface area contributed by atoms with Crippen LogP contribution >= 0.6 is 11.6 Å². The Labute approximate surface area is 79.4 Å². The fourth-order valence-corrected chi connectivity index (χ4v) is 1.25. The fraction of sp³-hybridized carbons (Fsp3) is 0. The van der Waals surface area contributed by atoms with Gasteiger partial charge in [-0.1, -0.05) is 23.7 Å². The third-order valence-corrected chi connectivity index (χ3v) is 1.94. The number of carbonyl (C=O) groups is 1. The zero-order chi connectivity index (χ0) is 9.26. The normalized spacial score (nSPS) is 10.2. The molecule has 1 aromatic carbocycles. The van der Waals surface area contributed by atoms with Gasteiger partial charge in [0.15, 0.2) is 11.4 Å². The van der Waals surface area contributed by atoms with E-state index >= 15 is 0 Å². The second kappa shape index (κ2) is 3.11. The molecule has 64 valence electrons. The predicted molar refractivity (Wildman–Crippen MR) is 49.9 cm³/mol. The van der Waals surface area contributed by atoms with Crippen molar-refractivity contribution in [3.8, 4) is 0 Å². The number of rotatable bonds is 1. The van der Waals surface area contributed by atoms with Crippen LogP contribution in [-0.4, -0.2) is 16.3 Å². The lowest BCUT2D eigenvalue weighted by Gasteiger charge is -1.98. The molecule has 13 heavy (non-hydrogen) atoms. The molecular formula is C9H5ClN2O. The van der Waals surface area contributed by atoms with Crippen LogP contribution in [0.25, 0.3) is 11.0 Å². The van der Waals surface area contributed by atoms with Gasteiger partial charge in [0.2, 0.25) is 0 Å². The zero-order valence-corrected chi connectivity index (χ0v) is 7.32. The van der Waals surface area contributed by atoms with Crippen LogP contribution in [0.15, 0.2) is 24.3 Å². The van der Waals surface area contributed by atoms with Gasteiger partial charge >= 0.3 is 0 Å². The van der Waals surface area contributed by atoms with Crippen molar-refractivity contribution in [3.63, 3.8) is 0 Å². The molecule has 0 radical (unpaired) electrons. The summed E-state index contributed by atoms with van der Waals surface area (Å²) < 4.78 is 0. The summed E-state index contributed by atoms with van der Waals surface area (Å²) in [5.41, 5.74) is 1.55. The average molecular weight is 193 g/mol. The van der Waals surface area contributed by atoms with E-state index in [2.05, 4.69) is 9.97 Å². The van der Waals surface area contributed by atoms with E-state index in [1.54, 1.807) is 12.1 Å². The molecule has 0 atom stereocenters. The van der Waals surface area contributed by atoms with E-state index in [0.29, 0.717) is 17.3 Å². The first-order chi connectivity index (χ1) is 6.31. The van der Waals surface area contributed by atoms with Crippen LogP contribution in [0.1, 0.15) is 10.5 Å². The van der Waals surface area contributed by atoms with Crippen molar-refractivity contribution < 1.29 is 4.79 Å². The summed E-state index contributed by atoms with van der Waals surface area (Å²) in [6.07, 6.45) is 0.599. The molecule has 2 aromatic rings. The van der Waals surface area contributed by atoms with E-state index in [0.717, 1.165) is 0 Å². The highest BCUT2D eigenvalue weighted by molar-refractivity contribution is 6.31. The maximum Gasteiger partial charge on any atom is 0.171 e. The van der Waals surface area contributed by atoms with Crippen molar-refractivity contribution in [2.75, 3.05) is 0 Å². The Bertz CT molecular complexity index is 470. The first-order valence-electron chi connectivity index (χ1n) is 3.69. The van der Waals surface area contributed by atoms with Crippen LogP contribution in [-0.2, 0) is 0 Å². The van der Waals surface area contributed by atoms with E-state index in [-0.39, 0.29) is 10.8 Å². The van der Waals surface area contributed by atoms with Gasteiger partial charge in [0.1, 0.15) is 5.69 Å². The molecule has 0 aliphatic rings. The molecule has 1 aromatic heterocycles. The number of hydrogen-bond donors (Lipinski definition) is 0. The minimum atomic E-state index is 0.147. The highest BCUT2D eigenvalue weighted by Gasteiger charge is 2.03. The number of nitrogens with zero attached hydrogens (tertiary/aromatic N) is 2. The van der Waals surface area contributed by atoms with Crippen LogP contribution in [0, 0.1) is 0 Å². The minimum Gasteiger partial charge on any atom is -0.296 e. The Morgan fingerprint density at radius 1 is 1.15 bits per heavy atom. The van der Waals surface area contributed by atoms with Gasteiger partial charge in [-0.15, -0.1) is 0 Å². The molecule has 0 saturated carbocycles. The topological polar surface area (TPSA) is 42.9 Å². The number of benzene rings is 1. The Morgan fingerprint density at radius 2 is 1.77 bits per heavy atom. The van der Waals surface area contributed by atoms with Crippen molar-refractivity contribution in [2.45, 2.75) is 0 Å². The summed E-state index contributed by atoms with van der Waals surface area (Å²) in [4.78, 5) is 18.5. The molecule has 0 aliphatic carbocycles. The van der Waals surface area contributed by atoms with E-state index in [9.17, 15) is 4.79 Å². The molecule has 0 aliphatic heterocycles. The standard InChI is InChI=1S/C9H5ClN2O/c10-9-8(5-13)11-6-3-1-2-4-7(6)12-9/h1-5H. The number of aldehydes is 1. The number of fused-ring (bicyclic) bond motifs is 1. The van der Waals surface area contributed by atoms with Gasteiger partial charge in [0.05, 0.1) is 11.0 Å². The SMILES string of the molecule is O=Cc1nc2ccccc2nc1Cl. The molecule has 2 rings (SSSR count). The van der Waals surface area contributed by atoms with E-state index in [1.807, 2.05) is 12.1 Å². The highest BCUT2D eigenvalue weighted by Crippen LogP contribution is 2.14. The lowest BCUT2D eigenvalue weighted by atomic mass is 10.3. The average Bonchev–Trinajstić information content (AvgIpc) is 2.17. The predicted octanol–water partition coefficient (Wildman–Crippen LogP) is 2.10. The maximum absolute atomic E-state index is 10.5. The van der Waals surface area contributed by atoms with E-state index < -0.39 is 0 Å². The first-order valence-corrected chi connectivity index (χ1v) is 4.06. The molecule has 0 unspecified atom stereocenters. The zero-order valence-electron chi connectivity index (χ0n) is 6.57. The number of carbonyl (C=O) groups excluding carboxylic acids is 1. The van der Waals surface area contributed by atoms with Crippen LogP contribution in [0.3, 0.4) is 0 Å². The van der Waals surface area contributed by atoms with Crippen LogP contribution in [0.2, 0.25) is 5.15 Å². The van der Waals surface area contributed by atoms with Crippen molar-refractivity contribution in [3.05, 3.63) is 35.1 Å². The lowest BCUT2D eigenvalue weighted by Crippen LogP contribution is -1.92. The van der Waals surface area contributed by atoms with Gasteiger partial charge in [-0.2, -0.15) is 0 Å². The second-order valence-electron chi connectivity index (χ2n) is 2.51. The summed E-state index contributed by atoms with van der Waals surface area (Å²) in [5.74, 6) is 0. The first kappa shape index (κ1) is 8.13. The summed E-state index contributed by atoms with van der Waals surface area (Å²) >= 11 is 5.70. The van der Waals surface area contributed by atoms with Crippen LogP contribution < -0.4 is 0 Å². The number of halogens is 1. The molecule has 0 fully saturated rings. The monoisotopic (exact) mass is 192 g/mol. The van der Waals surface area contributed by atoms with Crippen molar-refractivity contribution in [1.29, 1.82) is 0 Å². The third-order valence-electron chi connectivity index (χ3n) is 1.66. The molecule has 3 nitrogen and oxygen atoms in total. The molecule has 0 bridgehead atoms. The molecule has 0 N–H and O–H groups in total. The van der Waals surface area contributed by atoms with Crippen molar-refractivity contribution in [1.82, 2.24) is 9.97 Å². The van der Waals surface area contributed by atoms with E-state index in [1.165, 1.54) is 0 Å². The Kier molecular flexibility index (Phi) is 1.94. The quantitative estimate of drug-likeness (QED) is 0.650. The van der Waals surface area contributed by atoms with Gasteiger partial charge in [-0.3, -0.25) is 4.79 Å². The number of para-hydroxylation sites is 2. The summed E-state index contributed by atoms with van der Waals surface area (Å²) in [6.45, 7) is 0. The van der Waals surface area contributed by atoms with Gasteiger partial charge in [-0.05, 0) is 12.1 Å². The van der Waals surface area contributed by atoms with E-state index in [4.69, 9.17) is 11.6 Å². The molecule has 0 saturated heterocycles. The largest absolute Gasteiger partial charge is 0.296 e. The third kappa shape index (κ3) is 1.38. The minimum absolute atomic E-state index is 0.147. The van der Waals surface area contributed by atoms with Gasteiger partial charge in [0, 0.05) is 0 Å². The molecule has 4 heteroatoms. The second-order valence-corrected chi connectivity index (χ2v) is 2.86. The summed E-state index contributed by atoms with van der Waals surface area (Å²) in [5, 5.41) is 0.147. The van der Waals surface area contributed by atoms with Crippen molar-refractivity contribution in [2.24, 2.45) is 0 Å². The van der Waals surface area contributed by atoms with Crippen LogP contribution in [0.4, 0.5) is 0 Å². The van der Waals surface area contributed by atoms with Gasteiger partial charge < -0.3 is 0 Å². The Hall–Kier alpha value is -1.48. The molecule has 1 heterocycles. The smallest absolute Gasteiger partial charge is 0.171 e. The molecule has 0 spiro atoms. The van der Waals surface area contributed by atoms with Crippen molar-refractivity contribution >= 4 is 28.9 Å². The Morgan fingerprint density at radius 3 is 2.38 bits per heavy atom. The van der Waals surface area contributed by atoms with Gasteiger partial charge in [0.25, 0.3) is 0 Å². The highest BCUT2D eigenvalue weighted by atomic mass is 35.5. The fourth-order valence-electron chi connectivity index (χ4n) is 1.07. The lowest BCUT2D eigenvalue weighted by molar-refractivity contribution is 0.111. The summed E-state index contributed by atoms with van der Waals surface area (Å²) in [6, 6.07) is 7.25. The number of hydrogen-bond acceptors (Lipinski definition) is 3. The summed E-state index contributed by atoms with van der Waals surface area (Å²) in [7, 11) is 0. The maximum atomic E-state index is 10.5.